The Labute approximate surface area is 117 Å². The van der Waals surface area contributed by atoms with Crippen molar-refractivity contribution < 1.29 is 13.5 Å². The molecule has 5 heteroatoms. The summed E-state index contributed by atoms with van der Waals surface area (Å²) in [5.74, 6) is -1.58. The van der Waals surface area contributed by atoms with Crippen LogP contribution in [0.3, 0.4) is 0 Å². The summed E-state index contributed by atoms with van der Waals surface area (Å²) in [6, 6.07) is 2.71. The number of nitrogens with one attached hydrogen (secondary N) is 1. The predicted octanol–water partition coefficient (Wildman–Crippen LogP) is 3.63. The molecule has 0 amide bonds. The fraction of sp³-hybridized carbons (Fsp3) is 0.571. The molecule has 1 aliphatic heterocycles. The Morgan fingerprint density at radius 3 is 2.63 bits per heavy atom. The summed E-state index contributed by atoms with van der Waals surface area (Å²) in [6.07, 6.45) is 0.852. The van der Waals surface area contributed by atoms with Gasteiger partial charge >= 0.3 is 0 Å². The molecule has 1 heterocycles. The molecule has 1 aliphatic rings. The molecule has 1 aromatic rings. The van der Waals surface area contributed by atoms with Gasteiger partial charge in [-0.3, -0.25) is 0 Å². The van der Waals surface area contributed by atoms with Gasteiger partial charge in [-0.25, -0.2) is 4.39 Å². The van der Waals surface area contributed by atoms with Crippen LogP contribution in [-0.4, -0.2) is 19.2 Å². The van der Waals surface area contributed by atoms with Crippen molar-refractivity contribution in [3.05, 3.63) is 28.8 Å². The number of hydrogen-bond acceptors (Lipinski definition) is 2. The van der Waals surface area contributed by atoms with Gasteiger partial charge < -0.3 is 10.1 Å². The largest absolute Gasteiger partial charge is 0.487 e. The Bertz CT molecular complexity index is 447. The van der Waals surface area contributed by atoms with Crippen molar-refractivity contribution in [2.75, 3.05) is 13.1 Å². The lowest BCUT2D eigenvalue weighted by molar-refractivity contribution is 0.0918. The first-order valence-electron chi connectivity index (χ1n) is 6.51. The quantitative estimate of drug-likeness (QED) is 0.855. The van der Waals surface area contributed by atoms with Crippen molar-refractivity contribution in [3.63, 3.8) is 0 Å². The molecule has 0 spiro atoms. The van der Waals surface area contributed by atoms with E-state index in [1.165, 1.54) is 12.1 Å². The second-order valence-electron chi connectivity index (χ2n) is 5.25. The van der Waals surface area contributed by atoms with Gasteiger partial charge in [0.15, 0.2) is 11.6 Å². The highest BCUT2D eigenvalue weighted by atomic mass is 35.5. The summed E-state index contributed by atoms with van der Waals surface area (Å²) in [5, 5.41) is 3.03. The summed E-state index contributed by atoms with van der Waals surface area (Å²) in [6.45, 7) is 5.83. The van der Waals surface area contributed by atoms with Gasteiger partial charge in [0, 0.05) is 12.5 Å². The van der Waals surface area contributed by atoms with E-state index < -0.39 is 11.6 Å². The summed E-state index contributed by atoms with van der Waals surface area (Å²) >= 11 is 5.53. The van der Waals surface area contributed by atoms with Crippen LogP contribution in [0.25, 0.3) is 0 Å². The maximum absolute atomic E-state index is 13.8. The van der Waals surface area contributed by atoms with Gasteiger partial charge in [0.2, 0.25) is 5.82 Å². The highest BCUT2D eigenvalue weighted by Gasteiger charge is 2.30. The minimum atomic E-state index is -1.05. The predicted molar refractivity (Wildman–Crippen MR) is 71.6 cm³/mol. The molecule has 2 rings (SSSR count). The molecule has 1 N–H and O–H groups in total. The number of benzene rings is 1. The standard InChI is InChI=1S/C14H18ClF2NO/c1-8(2)14(9-5-6-18-7-9)19-11-4-3-10(15)12(16)13(11)17/h3-4,8-9,14,18H,5-7H2,1-2H3/t9-,14-/m0/s1. The molecule has 0 unspecified atom stereocenters. The van der Waals surface area contributed by atoms with E-state index in [0.717, 1.165) is 19.5 Å². The molecule has 2 atom stereocenters. The third kappa shape index (κ3) is 3.18. The van der Waals surface area contributed by atoms with E-state index >= 15 is 0 Å². The van der Waals surface area contributed by atoms with Gasteiger partial charge in [0.25, 0.3) is 0 Å². The number of rotatable bonds is 4. The van der Waals surface area contributed by atoms with E-state index in [-0.39, 0.29) is 22.8 Å². The molecule has 2 nitrogen and oxygen atoms in total. The van der Waals surface area contributed by atoms with Gasteiger partial charge in [0.1, 0.15) is 6.10 Å². The fourth-order valence-electron chi connectivity index (χ4n) is 2.48. The van der Waals surface area contributed by atoms with Gasteiger partial charge in [-0.05, 0) is 31.0 Å². The van der Waals surface area contributed by atoms with E-state index in [9.17, 15) is 8.78 Å². The zero-order valence-electron chi connectivity index (χ0n) is 11.1. The maximum Gasteiger partial charge on any atom is 0.202 e. The summed E-state index contributed by atoms with van der Waals surface area (Å²) in [5.41, 5.74) is 0. The first-order chi connectivity index (χ1) is 9.00. The first-order valence-corrected chi connectivity index (χ1v) is 6.89. The monoisotopic (exact) mass is 289 g/mol. The molecule has 0 saturated carbocycles. The van der Waals surface area contributed by atoms with Crippen LogP contribution in [0.15, 0.2) is 12.1 Å². The molecular weight excluding hydrogens is 272 g/mol. The van der Waals surface area contributed by atoms with Crippen LogP contribution in [0.5, 0.6) is 5.75 Å². The number of halogens is 3. The Balaban J connectivity index is 2.19. The van der Waals surface area contributed by atoms with Crippen molar-refractivity contribution in [3.8, 4) is 5.75 Å². The third-order valence-electron chi connectivity index (χ3n) is 3.48. The fourth-order valence-corrected chi connectivity index (χ4v) is 2.63. The SMILES string of the molecule is CC(C)[C@H](Oc1ccc(Cl)c(F)c1F)[C@H]1CCNC1. The molecule has 1 fully saturated rings. The molecular formula is C14H18ClF2NO. The van der Waals surface area contributed by atoms with Crippen LogP contribution >= 0.6 is 11.6 Å². The second kappa shape index (κ2) is 6.06. The number of ether oxygens (including phenoxy) is 1. The Morgan fingerprint density at radius 2 is 2.05 bits per heavy atom. The van der Waals surface area contributed by atoms with E-state index in [2.05, 4.69) is 5.32 Å². The van der Waals surface area contributed by atoms with E-state index in [0.29, 0.717) is 5.92 Å². The minimum absolute atomic E-state index is 0.0625. The van der Waals surface area contributed by atoms with Crippen molar-refractivity contribution in [1.82, 2.24) is 5.32 Å². The zero-order chi connectivity index (χ0) is 14.0. The molecule has 0 radical (unpaired) electrons. The summed E-state index contributed by atoms with van der Waals surface area (Å²) < 4.78 is 32.9. The molecule has 0 bridgehead atoms. The second-order valence-corrected chi connectivity index (χ2v) is 5.66. The molecule has 1 aromatic carbocycles. The summed E-state index contributed by atoms with van der Waals surface area (Å²) in [7, 11) is 0. The van der Waals surface area contributed by atoms with E-state index in [1.807, 2.05) is 13.8 Å². The van der Waals surface area contributed by atoms with Gasteiger partial charge in [-0.2, -0.15) is 4.39 Å². The van der Waals surface area contributed by atoms with Crippen LogP contribution in [0.1, 0.15) is 20.3 Å². The van der Waals surface area contributed by atoms with Crippen molar-refractivity contribution in [2.24, 2.45) is 11.8 Å². The maximum atomic E-state index is 13.8. The van der Waals surface area contributed by atoms with Crippen molar-refractivity contribution >= 4 is 11.6 Å². The molecule has 0 aromatic heterocycles. The highest BCUT2D eigenvalue weighted by Crippen LogP contribution is 2.30. The van der Waals surface area contributed by atoms with Crippen LogP contribution in [0.2, 0.25) is 5.02 Å². The minimum Gasteiger partial charge on any atom is -0.487 e. The first kappa shape index (κ1) is 14.5. The lowest BCUT2D eigenvalue weighted by atomic mass is 9.92. The van der Waals surface area contributed by atoms with Gasteiger partial charge in [-0.15, -0.1) is 0 Å². The van der Waals surface area contributed by atoms with Crippen LogP contribution in [0, 0.1) is 23.5 Å². The Morgan fingerprint density at radius 1 is 1.32 bits per heavy atom. The van der Waals surface area contributed by atoms with Gasteiger partial charge in [0.05, 0.1) is 5.02 Å². The van der Waals surface area contributed by atoms with E-state index in [4.69, 9.17) is 16.3 Å². The normalized spacial score (nSPS) is 20.8. The lowest BCUT2D eigenvalue weighted by Gasteiger charge is -2.28. The van der Waals surface area contributed by atoms with Crippen molar-refractivity contribution in [2.45, 2.75) is 26.4 Å². The molecule has 0 aliphatic carbocycles. The third-order valence-corrected chi connectivity index (χ3v) is 3.77. The number of hydrogen-bond donors (Lipinski definition) is 1. The van der Waals surface area contributed by atoms with Crippen LogP contribution in [-0.2, 0) is 0 Å². The average Bonchev–Trinajstić information content (AvgIpc) is 2.88. The Kier molecular flexibility index (Phi) is 4.63. The highest BCUT2D eigenvalue weighted by molar-refractivity contribution is 6.30. The van der Waals surface area contributed by atoms with E-state index in [1.54, 1.807) is 0 Å². The lowest BCUT2D eigenvalue weighted by Crippen LogP contribution is -2.33. The topological polar surface area (TPSA) is 21.3 Å². The smallest absolute Gasteiger partial charge is 0.202 e. The Hall–Kier alpha value is -0.870. The zero-order valence-corrected chi connectivity index (χ0v) is 11.8. The molecule has 1 saturated heterocycles. The summed E-state index contributed by atoms with van der Waals surface area (Å²) in [4.78, 5) is 0. The van der Waals surface area contributed by atoms with Crippen LogP contribution < -0.4 is 10.1 Å². The van der Waals surface area contributed by atoms with Gasteiger partial charge in [-0.1, -0.05) is 25.4 Å². The van der Waals surface area contributed by atoms with Crippen molar-refractivity contribution in [1.29, 1.82) is 0 Å². The average molecular weight is 290 g/mol. The van der Waals surface area contributed by atoms with Crippen LogP contribution in [0.4, 0.5) is 8.78 Å². The molecule has 19 heavy (non-hydrogen) atoms. The molecule has 106 valence electrons.